The summed E-state index contributed by atoms with van der Waals surface area (Å²) in [6.45, 7) is 6.16. The number of ether oxygens (including phenoxy) is 1. The molecule has 0 spiro atoms. The first-order valence-electron chi connectivity index (χ1n) is 13.4. The third kappa shape index (κ3) is 25.4. The van der Waals surface area contributed by atoms with Crippen LogP contribution in [0.3, 0.4) is 0 Å². The van der Waals surface area contributed by atoms with Crippen LogP contribution >= 0.6 is 0 Å². The summed E-state index contributed by atoms with van der Waals surface area (Å²) in [5.41, 5.74) is 6.15. The monoisotopic (exact) mass is 421 g/mol. The first kappa shape index (κ1) is 29.4. The number of hydrogen-bond acceptors (Lipinski definition) is 2. The van der Waals surface area contributed by atoms with Crippen molar-refractivity contribution in [2.45, 2.75) is 142 Å². The predicted molar refractivity (Wildman–Crippen MR) is 136 cm³/mol. The van der Waals surface area contributed by atoms with Crippen molar-refractivity contribution in [2.75, 3.05) is 13.2 Å². The van der Waals surface area contributed by atoms with E-state index in [1.807, 2.05) is 0 Å². The average Bonchev–Trinajstić information content (AvgIpc) is 2.75. The second-order valence-corrected chi connectivity index (χ2v) is 8.98. The Hall–Kier alpha value is -0.600. The van der Waals surface area contributed by atoms with E-state index in [2.05, 4.69) is 38.2 Å². The van der Waals surface area contributed by atoms with E-state index in [-0.39, 0.29) is 6.04 Å². The van der Waals surface area contributed by atoms with Crippen molar-refractivity contribution in [1.29, 1.82) is 0 Å². The molecule has 0 aliphatic heterocycles. The van der Waals surface area contributed by atoms with Crippen molar-refractivity contribution < 1.29 is 4.74 Å². The summed E-state index contributed by atoms with van der Waals surface area (Å²) < 4.78 is 5.77. The Morgan fingerprint density at radius 1 is 0.600 bits per heavy atom. The van der Waals surface area contributed by atoms with Crippen LogP contribution in [0.15, 0.2) is 24.3 Å². The first-order chi connectivity index (χ1) is 14.8. The largest absolute Gasteiger partial charge is 0.380 e. The summed E-state index contributed by atoms with van der Waals surface area (Å²) in [5, 5.41) is 0. The summed E-state index contributed by atoms with van der Waals surface area (Å²) >= 11 is 0. The molecule has 30 heavy (non-hydrogen) atoms. The van der Waals surface area contributed by atoms with Crippen LogP contribution in [-0.4, -0.2) is 19.3 Å². The molecule has 0 aliphatic rings. The van der Waals surface area contributed by atoms with E-state index in [9.17, 15) is 0 Å². The van der Waals surface area contributed by atoms with Crippen LogP contribution in [0.2, 0.25) is 0 Å². The normalized spacial score (nSPS) is 13.0. The van der Waals surface area contributed by atoms with Gasteiger partial charge >= 0.3 is 0 Å². The third-order valence-electron chi connectivity index (χ3n) is 5.75. The minimum atomic E-state index is 0.237. The van der Waals surface area contributed by atoms with Gasteiger partial charge in [0.15, 0.2) is 0 Å². The van der Waals surface area contributed by atoms with Crippen molar-refractivity contribution in [3.63, 3.8) is 0 Å². The molecule has 0 aromatic heterocycles. The lowest BCUT2D eigenvalue weighted by atomic mass is 10.1. The van der Waals surface area contributed by atoms with Gasteiger partial charge in [-0.25, -0.2) is 0 Å². The zero-order valence-corrected chi connectivity index (χ0v) is 20.7. The van der Waals surface area contributed by atoms with E-state index in [0.29, 0.717) is 0 Å². The Morgan fingerprint density at radius 2 is 1.10 bits per heavy atom. The highest BCUT2D eigenvalue weighted by Crippen LogP contribution is 2.10. The molecule has 1 atom stereocenters. The maximum Gasteiger partial charge on any atom is 0.0617 e. The van der Waals surface area contributed by atoms with Gasteiger partial charge in [0.1, 0.15) is 0 Å². The fourth-order valence-electron chi connectivity index (χ4n) is 3.70. The van der Waals surface area contributed by atoms with Crippen molar-refractivity contribution in [1.82, 2.24) is 0 Å². The van der Waals surface area contributed by atoms with Crippen LogP contribution in [0.5, 0.6) is 0 Å². The third-order valence-corrected chi connectivity index (χ3v) is 5.75. The molecule has 0 aliphatic carbocycles. The maximum absolute atomic E-state index is 6.15. The lowest BCUT2D eigenvalue weighted by Crippen LogP contribution is -2.26. The van der Waals surface area contributed by atoms with Crippen LogP contribution in [0.4, 0.5) is 0 Å². The van der Waals surface area contributed by atoms with Gasteiger partial charge in [0, 0.05) is 12.6 Å². The number of allylic oxidation sites excluding steroid dienone is 4. The first-order valence-corrected chi connectivity index (χ1v) is 13.4. The van der Waals surface area contributed by atoms with Gasteiger partial charge in [0.25, 0.3) is 0 Å². The summed E-state index contributed by atoms with van der Waals surface area (Å²) in [6.07, 6.45) is 34.0. The van der Waals surface area contributed by atoms with Crippen LogP contribution in [-0.2, 0) is 4.74 Å². The van der Waals surface area contributed by atoms with Crippen LogP contribution < -0.4 is 5.73 Å². The van der Waals surface area contributed by atoms with Crippen LogP contribution in [0.25, 0.3) is 0 Å². The molecular weight excluding hydrogens is 366 g/mol. The minimum Gasteiger partial charge on any atom is -0.380 e. The Bertz CT molecular complexity index is 364. The highest BCUT2D eigenvalue weighted by atomic mass is 16.5. The molecule has 0 radical (unpaired) electrons. The van der Waals surface area contributed by atoms with E-state index in [4.69, 9.17) is 10.5 Å². The van der Waals surface area contributed by atoms with Crippen molar-refractivity contribution >= 4 is 0 Å². The molecule has 2 nitrogen and oxygen atoms in total. The Labute approximate surface area is 190 Å². The number of nitrogens with two attached hydrogens (primary N) is 1. The summed E-state index contributed by atoms with van der Waals surface area (Å²) in [6, 6.07) is 0.237. The van der Waals surface area contributed by atoms with Gasteiger partial charge < -0.3 is 10.5 Å². The smallest absolute Gasteiger partial charge is 0.0617 e. The van der Waals surface area contributed by atoms with E-state index in [0.717, 1.165) is 26.1 Å². The number of rotatable bonds is 24. The lowest BCUT2D eigenvalue weighted by Gasteiger charge is -2.12. The fourth-order valence-corrected chi connectivity index (χ4v) is 3.70. The van der Waals surface area contributed by atoms with E-state index >= 15 is 0 Å². The molecule has 0 saturated carbocycles. The summed E-state index contributed by atoms with van der Waals surface area (Å²) in [7, 11) is 0. The molecule has 0 aromatic carbocycles. The Morgan fingerprint density at radius 3 is 1.77 bits per heavy atom. The van der Waals surface area contributed by atoms with Gasteiger partial charge in [0.2, 0.25) is 0 Å². The SMILES string of the molecule is CCCCC/C=C\C/C=C\CCCCCCCCOCC(N)CCCCCCCC. The zero-order chi connectivity index (χ0) is 22.0. The Balaban J connectivity index is 3.21. The predicted octanol–water partition coefficient (Wildman–Crippen LogP) is 8.89. The summed E-state index contributed by atoms with van der Waals surface area (Å²) in [4.78, 5) is 0. The topological polar surface area (TPSA) is 35.2 Å². The van der Waals surface area contributed by atoms with Crippen molar-refractivity contribution in [2.24, 2.45) is 5.73 Å². The number of hydrogen-bond donors (Lipinski definition) is 1. The van der Waals surface area contributed by atoms with Crippen LogP contribution in [0, 0.1) is 0 Å². The van der Waals surface area contributed by atoms with Gasteiger partial charge in [-0.2, -0.15) is 0 Å². The molecule has 0 heterocycles. The molecule has 0 bridgehead atoms. The van der Waals surface area contributed by atoms with Crippen molar-refractivity contribution in [3.8, 4) is 0 Å². The standard InChI is InChI=1S/C28H55NO/c1-3-5-7-9-11-12-13-14-15-16-17-18-19-20-22-24-26-30-27-28(29)25-23-21-10-8-6-4-2/h11-12,14-15,28H,3-10,13,16-27,29H2,1-2H3/b12-11-,15-14-. The molecule has 1 unspecified atom stereocenters. The molecule has 0 fully saturated rings. The summed E-state index contributed by atoms with van der Waals surface area (Å²) in [5.74, 6) is 0. The zero-order valence-electron chi connectivity index (χ0n) is 20.7. The molecule has 2 heteroatoms. The van der Waals surface area contributed by atoms with Gasteiger partial charge in [-0.1, -0.05) is 115 Å². The molecule has 178 valence electrons. The second-order valence-electron chi connectivity index (χ2n) is 8.98. The van der Waals surface area contributed by atoms with Crippen LogP contribution in [0.1, 0.15) is 136 Å². The molecular formula is C28H55NO. The molecule has 2 N–H and O–H groups in total. The number of unbranched alkanes of at least 4 members (excludes halogenated alkanes) is 14. The highest BCUT2D eigenvalue weighted by molar-refractivity contribution is 4.92. The Kier molecular flexibility index (Phi) is 25.9. The molecule has 0 saturated heterocycles. The van der Waals surface area contributed by atoms with Gasteiger partial charge in [-0.3, -0.25) is 0 Å². The molecule has 0 rings (SSSR count). The molecule has 0 amide bonds. The van der Waals surface area contributed by atoms with E-state index in [1.54, 1.807) is 0 Å². The quantitative estimate of drug-likeness (QED) is 0.125. The van der Waals surface area contributed by atoms with Gasteiger partial charge in [-0.05, 0) is 44.9 Å². The minimum absolute atomic E-state index is 0.237. The van der Waals surface area contributed by atoms with Crippen molar-refractivity contribution in [3.05, 3.63) is 24.3 Å². The molecule has 0 aromatic rings. The van der Waals surface area contributed by atoms with Gasteiger partial charge in [-0.15, -0.1) is 0 Å². The van der Waals surface area contributed by atoms with E-state index < -0.39 is 0 Å². The van der Waals surface area contributed by atoms with Gasteiger partial charge in [0.05, 0.1) is 6.61 Å². The second kappa shape index (κ2) is 26.4. The highest BCUT2D eigenvalue weighted by Gasteiger charge is 2.02. The fraction of sp³-hybridized carbons (Fsp3) is 0.857. The maximum atomic E-state index is 6.15. The average molecular weight is 422 g/mol. The lowest BCUT2D eigenvalue weighted by molar-refractivity contribution is 0.114. The van der Waals surface area contributed by atoms with E-state index in [1.165, 1.54) is 109 Å².